The molecule has 1 aliphatic rings. The Morgan fingerprint density at radius 3 is 2.90 bits per heavy atom. The Morgan fingerprint density at radius 2 is 2.15 bits per heavy atom. The lowest BCUT2D eigenvalue weighted by atomic mass is 10.1. The highest BCUT2D eigenvalue weighted by Crippen LogP contribution is 2.20. The molecule has 0 aromatic carbocycles. The molecule has 0 aliphatic carbocycles. The molecule has 1 fully saturated rings. The summed E-state index contributed by atoms with van der Waals surface area (Å²) in [5.41, 5.74) is 5.73. The van der Waals surface area contributed by atoms with Crippen LogP contribution in [0.4, 0.5) is 11.9 Å². The van der Waals surface area contributed by atoms with Gasteiger partial charge in [-0.3, -0.25) is 0 Å². The van der Waals surface area contributed by atoms with Crippen molar-refractivity contribution in [3.8, 4) is 6.01 Å². The number of nitrogens with zero attached hydrogens (tertiary/aromatic N) is 4. The average molecular weight is 281 g/mol. The Morgan fingerprint density at radius 1 is 1.30 bits per heavy atom. The van der Waals surface area contributed by atoms with E-state index in [1.807, 2.05) is 13.8 Å². The molecule has 112 valence electrons. The van der Waals surface area contributed by atoms with E-state index >= 15 is 0 Å². The molecule has 2 rings (SSSR count). The Balaban J connectivity index is 2.08. The standard InChI is InChI=1S/C13H23N5O2/c1-3-8-20-13-16-11(14)15-12(17-13)18-7-5-6-10(9-18)19-4-2/h10H,3-9H2,1-2H3,(H2,14,15,16,17). The molecule has 7 nitrogen and oxygen atoms in total. The SMILES string of the molecule is CCCOc1nc(N)nc(N2CCCC(OCC)C2)n1. The number of nitrogen functional groups attached to an aromatic ring is 1. The van der Waals surface area contributed by atoms with Crippen molar-refractivity contribution in [1.29, 1.82) is 0 Å². The fourth-order valence-electron chi connectivity index (χ4n) is 2.25. The molecule has 1 saturated heterocycles. The van der Waals surface area contributed by atoms with Crippen LogP contribution in [0.2, 0.25) is 0 Å². The van der Waals surface area contributed by atoms with Crippen molar-refractivity contribution in [2.45, 2.75) is 39.2 Å². The number of piperidine rings is 1. The number of ether oxygens (including phenoxy) is 2. The largest absolute Gasteiger partial charge is 0.463 e. The van der Waals surface area contributed by atoms with Crippen LogP contribution in [0.15, 0.2) is 0 Å². The molecule has 0 saturated carbocycles. The topological polar surface area (TPSA) is 86.4 Å². The van der Waals surface area contributed by atoms with Crippen LogP contribution in [-0.4, -0.2) is 47.4 Å². The number of aromatic nitrogens is 3. The summed E-state index contributed by atoms with van der Waals surface area (Å²) in [6, 6.07) is 0.299. The van der Waals surface area contributed by atoms with E-state index in [1.165, 1.54) is 0 Å². The van der Waals surface area contributed by atoms with Gasteiger partial charge in [-0.2, -0.15) is 15.0 Å². The third kappa shape index (κ3) is 3.93. The highest BCUT2D eigenvalue weighted by atomic mass is 16.5. The fraction of sp³-hybridized carbons (Fsp3) is 0.769. The minimum atomic E-state index is 0.194. The third-order valence-corrected chi connectivity index (χ3v) is 3.12. The molecular formula is C13H23N5O2. The summed E-state index contributed by atoms with van der Waals surface area (Å²) in [5, 5.41) is 0. The van der Waals surface area contributed by atoms with Crippen molar-refractivity contribution < 1.29 is 9.47 Å². The van der Waals surface area contributed by atoms with Crippen LogP contribution in [-0.2, 0) is 4.74 Å². The van der Waals surface area contributed by atoms with Gasteiger partial charge in [0.25, 0.3) is 0 Å². The second-order valence-corrected chi connectivity index (χ2v) is 4.79. The summed E-state index contributed by atoms with van der Waals surface area (Å²) in [5.74, 6) is 0.771. The van der Waals surface area contributed by atoms with Crippen molar-refractivity contribution in [3.05, 3.63) is 0 Å². The molecule has 2 N–H and O–H groups in total. The van der Waals surface area contributed by atoms with E-state index in [4.69, 9.17) is 15.2 Å². The van der Waals surface area contributed by atoms with E-state index < -0.39 is 0 Å². The molecule has 1 aromatic rings. The second-order valence-electron chi connectivity index (χ2n) is 4.79. The summed E-state index contributed by atoms with van der Waals surface area (Å²) in [6.45, 7) is 7.03. The van der Waals surface area contributed by atoms with E-state index in [9.17, 15) is 0 Å². The minimum absolute atomic E-state index is 0.194. The molecule has 1 aromatic heterocycles. The first-order valence-corrected chi connectivity index (χ1v) is 7.23. The zero-order valence-electron chi connectivity index (χ0n) is 12.2. The van der Waals surface area contributed by atoms with Crippen LogP contribution in [0, 0.1) is 0 Å². The number of rotatable bonds is 6. The first kappa shape index (κ1) is 14.8. The van der Waals surface area contributed by atoms with Gasteiger partial charge < -0.3 is 20.1 Å². The zero-order chi connectivity index (χ0) is 14.4. The quantitative estimate of drug-likeness (QED) is 0.839. The molecule has 1 unspecified atom stereocenters. The lowest BCUT2D eigenvalue weighted by molar-refractivity contribution is 0.0523. The van der Waals surface area contributed by atoms with Gasteiger partial charge in [0, 0.05) is 19.7 Å². The van der Waals surface area contributed by atoms with Crippen LogP contribution in [0.3, 0.4) is 0 Å². The van der Waals surface area contributed by atoms with E-state index in [0.29, 0.717) is 18.6 Å². The first-order chi connectivity index (χ1) is 9.72. The van der Waals surface area contributed by atoms with Crippen LogP contribution in [0.1, 0.15) is 33.1 Å². The van der Waals surface area contributed by atoms with Crippen molar-refractivity contribution >= 4 is 11.9 Å². The van der Waals surface area contributed by atoms with Crippen LogP contribution in [0.25, 0.3) is 0 Å². The maximum atomic E-state index is 5.73. The predicted octanol–water partition coefficient (Wildman–Crippen LogP) is 1.25. The van der Waals surface area contributed by atoms with Crippen molar-refractivity contribution in [3.63, 3.8) is 0 Å². The Labute approximate surface area is 119 Å². The average Bonchev–Trinajstić information content (AvgIpc) is 2.45. The molecule has 0 spiro atoms. The summed E-state index contributed by atoms with van der Waals surface area (Å²) in [6.07, 6.45) is 3.26. The summed E-state index contributed by atoms with van der Waals surface area (Å²) >= 11 is 0. The van der Waals surface area contributed by atoms with Gasteiger partial charge >= 0.3 is 6.01 Å². The van der Waals surface area contributed by atoms with Gasteiger partial charge in [0.1, 0.15) is 0 Å². The monoisotopic (exact) mass is 281 g/mol. The highest BCUT2D eigenvalue weighted by Gasteiger charge is 2.23. The zero-order valence-corrected chi connectivity index (χ0v) is 12.2. The van der Waals surface area contributed by atoms with Gasteiger partial charge in [-0.15, -0.1) is 0 Å². The van der Waals surface area contributed by atoms with Crippen LogP contribution in [0.5, 0.6) is 6.01 Å². The van der Waals surface area contributed by atoms with Gasteiger partial charge in [-0.25, -0.2) is 0 Å². The Kier molecular flexibility index (Phi) is 5.34. The minimum Gasteiger partial charge on any atom is -0.463 e. The van der Waals surface area contributed by atoms with Crippen molar-refractivity contribution in [1.82, 2.24) is 15.0 Å². The van der Waals surface area contributed by atoms with Crippen molar-refractivity contribution in [2.24, 2.45) is 0 Å². The molecule has 0 bridgehead atoms. The maximum Gasteiger partial charge on any atom is 0.323 e. The molecule has 2 heterocycles. The van der Waals surface area contributed by atoms with Crippen LogP contribution >= 0.6 is 0 Å². The molecular weight excluding hydrogens is 258 g/mol. The second kappa shape index (κ2) is 7.23. The summed E-state index contributed by atoms with van der Waals surface area (Å²) in [7, 11) is 0. The predicted molar refractivity (Wildman–Crippen MR) is 76.9 cm³/mol. The van der Waals surface area contributed by atoms with Gasteiger partial charge in [0.05, 0.1) is 12.7 Å². The lowest BCUT2D eigenvalue weighted by Gasteiger charge is -2.32. The number of hydrogen-bond acceptors (Lipinski definition) is 7. The lowest BCUT2D eigenvalue weighted by Crippen LogP contribution is -2.40. The Hall–Kier alpha value is -1.63. The number of nitrogens with two attached hydrogens (primary N) is 1. The van der Waals surface area contributed by atoms with Gasteiger partial charge in [-0.05, 0) is 26.2 Å². The highest BCUT2D eigenvalue weighted by molar-refractivity contribution is 5.36. The van der Waals surface area contributed by atoms with Gasteiger partial charge in [-0.1, -0.05) is 6.92 Å². The Bertz CT molecular complexity index is 427. The summed E-state index contributed by atoms with van der Waals surface area (Å²) < 4.78 is 11.1. The number of hydrogen-bond donors (Lipinski definition) is 1. The number of anilines is 2. The maximum absolute atomic E-state index is 5.73. The van der Waals surface area contributed by atoms with Crippen molar-refractivity contribution in [2.75, 3.05) is 36.9 Å². The van der Waals surface area contributed by atoms with E-state index in [-0.39, 0.29) is 12.1 Å². The summed E-state index contributed by atoms with van der Waals surface area (Å²) in [4.78, 5) is 14.6. The van der Waals surface area contributed by atoms with E-state index in [2.05, 4.69) is 19.9 Å². The smallest absolute Gasteiger partial charge is 0.323 e. The van der Waals surface area contributed by atoms with Crippen LogP contribution < -0.4 is 15.4 Å². The fourth-order valence-corrected chi connectivity index (χ4v) is 2.25. The molecule has 20 heavy (non-hydrogen) atoms. The molecule has 1 aliphatic heterocycles. The molecule has 1 atom stereocenters. The normalized spacial score (nSPS) is 19.1. The molecule has 7 heteroatoms. The van der Waals surface area contributed by atoms with Gasteiger partial charge in [0.15, 0.2) is 0 Å². The molecule has 0 amide bonds. The van der Waals surface area contributed by atoms with E-state index in [1.54, 1.807) is 0 Å². The van der Waals surface area contributed by atoms with Gasteiger partial charge in [0.2, 0.25) is 11.9 Å². The first-order valence-electron chi connectivity index (χ1n) is 7.23. The van der Waals surface area contributed by atoms with E-state index in [0.717, 1.165) is 39.0 Å². The molecule has 0 radical (unpaired) electrons. The third-order valence-electron chi connectivity index (χ3n) is 3.12.